The zero-order valence-corrected chi connectivity index (χ0v) is 31.9. The number of phosphoric ester groups is 1. The molecule has 10 heteroatoms. The minimum absolute atomic E-state index is 0.0549. The van der Waals surface area contributed by atoms with Gasteiger partial charge in [-0.25, -0.2) is 4.57 Å². The summed E-state index contributed by atoms with van der Waals surface area (Å²) in [7, 11) is -4.37. The molecule has 0 aliphatic heterocycles. The fourth-order valence-electron chi connectivity index (χ4n) is 5.44. The first-order valence-corrected chi connectivity index (χ1v) is 21.2. The number of nitrogens with two attached hydrogens (primary N) is 1. The van der Waals surface area contributed by atoms with Crippen molar-refractivity contribution >= 4 is 19.8 Å². The van der Waals surface area contributed by atoms with Crippen LogP contribution in [-0.2, 0) is 32.7 Å². The molecular weight excluding hydrogens is 629 g/mol. The number of unbranched alkanes of at least 4 members (excludes halogenated alkanes) is 22. The van der Waals surface area contributed by atoms with Crippen molar-refractivity contribution < 1.29 is 37.6 Å². The second-order valence-corrected chi connectivity index (χ2v) is 14.6. The predicted molar refractivity (Wildman–Crippen MR) is 197 cm³/mol. The summed E-state index contributed by atoms with van der Waals surface area (Å²) in [6.45, 7) is 3.69. The van der Waals surface area contributed by atoms with E-state index in [2.05, 4.69) is 26.0 Å². The van der Waals surface area contributed by atoms with E-state index in [1.807, 2.05) is 0 Å². The van der Waals surface area contributed by atoms with Crippen molar-refractivity contribution in [3.8, 4) is 0 Å². The van der Waals surface area contributed by atoms with E-state index in [-0.39, 0.29) is 38.6 Å². The number of hydrogen-bond acceptors (Lipinski definition) is 8. The fourth-order valence-corrected chi connectivity index (χ4v) is 6.20. The highest BCUT2D eigenvalue weighted by Crippen LogP contribution is 2.43. The van der Waals surface area contributed by atoms with Gasteiger partial charge in [-0.05, 0) is 32.1 Å². The lowest BCUT2D eigenvalue weighted by atomic mass is 10.0. The van der Waals surface area contributed by atoms with Crippen LogP contribution >= 0.6 is 7.82 Å². The lowest BCUT2D eigenvalue weighted by Crippen LogP contribution is -2.29. The molecule has 0 saturated heterocycles. The molecule has 0 aliphatic carbocycles. The van der Waals surface area contributed by atoms with E-state index in [1.165, 1.54) is 96.3 Å². The second-order valence-electron chi connectivity index (χ2n) is 13.2. The topological polar surface area (TPSA) is 134 Å². The molecule has 0 heterocycles. The van der Waals surface area contributed by atoms with Gasteiger partial charge >= 0.3 is 19.8 Å². The monoisotopic (exact) mass is 704 g/mol. The number of carbonyl (C=O) groups is 2. The Balaban J connectivity index is 4.17. The number of allylic oxidation sites excluding steroid dienone is 2. The van der Waals surface area contributed by atoms with Crippen LogP contribution in [0.15, 0.2) is 12.2 Å². The number of hydrogen-bond donors (Lipinski definition) is 2. The summed E-state index contributed by atoms with van der Waals surface area (Å²) < 4.78 is 32.6. The Labute approximate surface area is 294 Å². The first kappa shape index (κ1) is 46.8. The van der Waals surface area contributed by atoms with Gasteiger partial charge in [-0.15, -0.1) is 0 Å². The van der Waals surface area contributed by atoms with E-state index < -0.39 is 26.5 Å². The Kier molecular flexibility index (Phi) is 34.6. The third kappa shape index (κ3) is 34.6. The van der Waals surface area contributed by atoms with E-state index in [0.717, 1.165) is 57.8 Å². The standard InChI is InChI=1S/C38H74NO8P/c1-3-5-7-9-11-13-15-16-17-18-19-21-23-25-27-29-31-38(41)47-36(35-46-48(42,43)45-33-32-39)34-44-37(40)30-28-26-24-22-20-14-12-10-8-6-4-2/h10,12,36H,3-9,11,13-35,39H2,1-2H3,(H,42,43)/b12-10+/t36-/m1/s1. The molecule has 2 atom stereocenters. The highest BCUT2D eigenvalue weighted by molar-refractivity contribution is 7.47. The zero-order valence-electron chi connectivity index (χ0n) is 31.0. The van der Waals surface area contributed by atoms with Crippen molar-refractivity contribution in [2.75, 3.05) is 26.4 Å². The Bertz CT molecular complexity index is 810. The average Bonchev–Trinajstić information content (AvgIpc) is 3.07. The first-order chi connectivity index (χ1) is 23.3. The SMILES string of the molecule is CCCC/C=C/CCCCCCCC(=O)OC[C@H](COP(=O)(O)OCCN)OC(=O)CCCCCCCCCCCCCCCCCC. The molecular formula is C38H74NO8P. The van der Waals surface area contributed by atoms with Crippen LogP contribution in [0, 0.1) is 0 Å². The van der Waals surface area contributed by atoms with Crippen molar-refractivity contribution in [1.82, 2.24) is 0 Å². The number of phosphoric acid groups is 1. The Morgan fingerprint density at radius 1 is 0.604 bits per heavy atom. The smallest absolute Gasteiger partial charge is 0.462 e. The molecule has 0 aromatic rings. The third-order valence-corrected chi connectivity index (χ3v) is 9.39. The maximum absolute atomic E-state index is 12.5. The van der Waals surface area contributed by atoms with Gasteiger partial charge in [0, 0.05) is 19.4 Å². The average molecular weight is 704 g/mol. The summed E-state index contributed by atoms with van der Waals surface area (Å²) in [5.41, 5.74) is 5.33. The molecule has 0 saturated carbocycles. The molecule has 3 N–H and O–H groups in total. The number of carbonyl (C=O) groups excluding carboxylic acids is 2. The van der Waals surface area contributed by atoms with Crippen LogP contribution in [0.4, 0.5) is 0 Å². The summed E-state index contributed by atoms with van der Waals surface area (Å²) in [5.74, 6) is -0.833. The molecule has 0 radical (unpaired) electrons. The summed E-state index contributed by atoms with van der Waals surface area (Å²) in [5, 5.41) is 0. The zero-order chi connectivity index (χ0) is 35.4. The minimum Gasteiger partial charge on any atom is -0.462 e. The lowest BCUT2D eigenvalue weighted by molar-refractivity contribution is -0.161. The summed E-state index contributed by atoms with van der Waals surface area (Å²) in [6.07, 6.45) is 33.8. The van der Waals surface area contributed by atoms with Gasteiger partial charge in [-0.3, -0.25) is 18.6 Å². The normalized spacial score (nSPS) is 13.5. The first-order valence-electron chi connectivity index (χ1n) is 19.7. The van der Waals surface area contributed by atoms with Crippen molar-refractivity contribution in [3.63, 3.8) is 0 Å². The Morgan fingerprint density at radius 2 is 1.04 bits per heavy atom. The number of esters is 2. The lowest BCUT2D eigenvalue weighted by Gasteiger charge is -2.19. The molecule has 0 spiro atoms. The molecule has 284 valence electrons. The molecule has 0 aromatic heterocycles. The predicted octanol–water partition coefficient (Wildman–Crippen LogP) is 10.7. The van der Waals surface area contributed by atoms with Crippen LogP contribution in [0.3, 0.4) is 0 Å². The number of rotatable bonds is 37. The molecule has 1 unspecified atom stereocenters. The van der Waals surface area contributed by atoms with Crippen LogP contribution in [0.1, 0.15) is 187 Å². The Hall–Kier alpha value is -1.25. The van der Waals surface area contributed by atoms with Crippen LogP contribution in [-0.4, -0.2) is 49.3 Å². The van der Waals surface area contributed by atoms with Gasteiger partial charge in [0.2, 0.25) is 0 Å². The quantitative estimate of drug-likeness (QED) is 0.0280. The van der Waals surface area contributed by atoms with E-state index in [9.17, 15) is 19.0 Å². The van der Waals surface area contributed by atoms with Crippen LogP contribution in [0.2, 0.25) is 0 Å². The minimum atomic E-state index is -4.37. The largest absolute Gasteiger partial charge is 0.472 e. The fraction of sp³-hybridized carbons (Fsp3) is 0.895. The molecule has 9 nitrogen and oxygen atoms in total. The molecule has 0 fully saturated rings. The van der Waals surface area contributed by atoms with E-state index in [4.69, 9.17) is 24.3 Å². The van der Waals surface area contributed by atoms with Crippen molar-refractivity contribution in [1.29, 1.82) is 0 Å². The second kappa shape index (κ2) is 35.6. The van der Waals surface area contributed by atoms with Gasteiger partial charge in [-0.2, -0.15) is 0 Å². The van der Waals surface area contributed by atoms with E-state index in [1.54, 1.807) is 0 Å². The van der Waals surface area contributed by atoms with Crippen LogP contribution in [0.25, 0.3) is 0 Å². The highest BCUT2D eigenvalue weighted by atomic mass is 31.2. The van der Waals surface area contributed by atoms with Gasteiger partial charge in [0.15, 0.2) is 6.10 Å². The summed E-state index contributed by atoms with van der Waals surface area (Å²) in [4.78, 5) is 34.7. The Morgan fingerprint density at radius 3 is 1.54 bits per heavy atom. The third-order valence-electron chi connectivity index (χ3n) is 8.40. The van der Waals surface area contributed by atoms with E-state index in [0.29, 0.717) is 6.42 Å². The maximum Gasteiger partial charge on any atom is 0.472 e. The van der Waals surface area contributed by atoms with Crippen LogP contribution in [0.5, 0.6) is 0 Å². The number of ether oxygens (including phenoxy) is 2. The summed E-state index contributed by atoms with van der Waals surface area (Å²) in [6, 6.07) is 0. The van der Waals surface area contributed by atoms with Gasteiger partial charge in [0.1, 0.15) is 6.61 Å². The summed E-state index contributed by atoms with van der Waals surface area (Å²) >= 11 is 0. The molecule has 0 aliphatic rings. The van der Waals surface area contributed by atoms with Crippen LogP contribution < -0.4 is 5.73 Å². The van der Waals surface area contributed by atoms with Gasteiger partial charge in [0.05, 0.1) is 13.2 Å². The van der Waals surface area contributed by atoms with Crippen molar-refractivity contribution in [2.45, 2.75) is 193 Å². The molecule has 0 bridgehead atoms. The van der Waals surface area contributed by atoms with Crippen molar-refractivity contribution in [2.24, 2.45) is 5.73 Å². The van der Waals surface area contributed by atoms with Crippen molar-refractivity contribution in [3.05, 3.63) is 12.2 Å². The molecule has 0 amide bonds. The molecule has 0 aromatic carbocycles. The van der Waals surface area contributed by atoms with Gasteiger partial charge in [-0.1, -0.05) is 154 Å². The van der Waals surface area contributed by atoms with Gasteiger partial charge in [0.25, 0.3) is 0 Å². The highest BCUT2D eigenvalue weighted by Gasteiger charge is 2.25. The molecule has 48 heavy (non-hydrogen) atoms. The van der Waals surface area contributed by atoms with Gasteiger partial charge < -0.3 is 20.1 Å². The maximum atomic E-state index is 12.5. The van der Waals surface area contributed by atoms with E-state index >= 15 is 0 Å². The molecule has 0 rings (SSSR count).